The van der Waals surface area contributed by atoms with Crippen LogP contribution in [0.1, 0.15) is 0 Å². The number of rotatable bonds is 4. The van der Waals surface area contributed by atoms with Crippen molar-refractivity contribution in [3.05, 3.63) is 194 Å². The molecule has 4 heterocycles. The van der Waals surface area contributed by atoms with Crippen LogP contribution in [0.4, 0.5) is 0 Å². The molecule has 0 radical (unpaired) electrons. The van der Waals surface area contributed by atoms with Gasteiger partial charge in [0.05, 0.1) is 38.7 Å². The highest BCUT2D eigenvalue weighted by molar-refractivity contribution is 6.31. The number of furan rings is 1. The fraction of sp³-hybridized carbons (Fsp3) is 0. The summed E-state index contributed by atoms with van der Waals surface area (Å²) in [6, 6.07) is 68.9. The molecule has 274 valence electrons. The third-order valence-corrected chi connectivity index (χ3v) is 12.1. The molecule has 0 aliphatic carbocycles. The van der Waals surface area contributed by atoms with Crippen LogP contribution < -0.4 is 0 Å². The van der Waals surface area contributed by atoms with Gasteiger partial charge in [0.25, 0.3) is 0 Å². The van der Waals surface area contributed by atoms with E-state index in [2.05, 4.69) is 197 Å². The lowest BCUT2D eigenvalue weighted by Gasteiger charge is -2.13. The lowest BCUT2D eigenvalue weighted by Crippen LogP contribution is -2.03. The van der Waals surface area contributed by atoms with E-state index in [4.69, 9.17) is 14.4 Å². The van der Waals surface area contributed by atoms with Crippen molar-refractivity contribution in [3.8, 4) is 34.0 Å². The van der Waals surface area contributed by atoms with Crippen molar-refractivity contribution in [3.63, 3.8) is 0 Å². The van der Waals surface area contributed by atoms with Gasteiger partial charge >= 0.3 is 0 Å². The average molecular weight is 753 g/mol. The minimum absolute atomic E-state index is 0.632. The molecular formula is C54H32N4O. The van der Waals surface area contributed by atoms with E-state index in [1.165, 1.54) is 32.7 Å². The monoisotopic (exact) mass is 752 g/mol. The molecule has 13 aromatic rings. The SMILES string of the molecule is c1ccc(-c2ccc(-c3nc(-n4c5ccccc5c5c4ccc4c6ccc7oc8ccccc8c7c6n(-c6ccc7ccccc7c6)c45)nc4ccccc34)cc2)cc1. The number of hydrogen-bond donors (Lipinski definition) is 0. The van der Waals surface area contributed by atoms with Crippen LogP contribution in [0.2, 0.25) is 0 Å². The Balaban J connectivity index is 1.14. The molecule has 0 fully saturated rings. The molecule has 5 nitrogen and oxygen atoms in total. The van der Waals surface area contributed by atoms with Crippen molar-refractivity contribution in [1.29, 1.82) is 0 Å². The zero-order chi connectivity index (χ0) is 38.6. The molecule has 0 unspecified atom stereocenters. The van der Waals surface area contributed by atoms with Crippen LogP contribution in [0.15, 0.2) is 199 Å². The highest BCUT2D eigenvalue weighted by Crippen LogP contribution is 2.46. The van der Waals surface area contributed by atoms with Crippen LogP contribution in [0.3, 0.4) is 0 Å². The highest BCUT2D eigenvalue weighted by Gasteiger charge is 2.25. The summed E-state index contributed by atoms with van der Waals surface area (Å²) in [6.07, 6.45) is 0. The second kappa shape index (κ2) is 12.2. The van der Waals surface area contributed by atoms with E-state index in [1.54, 1.807) is 0 Å². The van der Waals surface area contributed by atoms with Crippen LogP contribution in [0, 0.1) is 0 Å². The first-order valence-corrected chi connectivity index (χ1v) is 20.0. The van der Waals surface area contributed by atoms with Crippen molar-refractivity contribution in [2.75, 3.05) is 0 Å². The van der Waals surface area contributed by atoms with E-state index < -0.39 is 0 Å². The van der Waals surface area contributed by atoms with Crippen LogP contribution in [-0.4, -0.2) is 19.1 Å². The molecule has 0 atom stereocenters. The standard InChI is InChI=1S/C54H32N4O/c1-2-12-33(13-3-1)35-22-24-36(25-23-35)51-41-16-6-9-19-44(41)55-54(56-51)58-45-20-10-7-17-42(45)49-46(58)30-28-39-40-29-31-48-50(43-18-8-11-21-47(43)59-48)53(40)57(52(39)49)38-27-26-34-14-4-5-15-37(34)32-38/h1-32H. The zero-order valence-electron chi connectivity index (χ0n) is 31.7. The fourth-order valence-corrected chi connectivity index (χ4v) is 9.48. The van der Waals surface area contributed by atoms with Crippen LogP contribution >= 0.6 is 0 Å². The smallest absolute Gasteiger partial charge is 0.235 e. The van der Waals surface area contributed by atoms with Crippen LogP contribution in [0.5, 0.6) is 0 Å². The molecule has 0 N–H and O–H groups in total. The zero-order valence-corrected chi connectivity index (χ0v) is 31.7. The summed E-state index contributed by atoms with van der Waals surface area (Å²) in [6.45, 7) is 0. The molecule has 0 spiro atoms. The normalized spacial score (nSPS) is 12.1. The van der Waals surface area contributed by atoms with Crippen molar-refractivity contribution in [1.82, 2.24) is 19.1 Å². The summed E-state index contributed by atoms with van der Waals surface area (Å²) in [4.78, 5) is 10.8. The van der Waals surface area contributed by atoms with Gasteiger partial charge in [-0.15, -0.1) is 0 Å². The van der Waals surface area contributed by atoms with Gasteiger partial charge in [-0.2, -0.15) is 0 Å². The first-order valence-electron chi connectivity index (χ1n) is 20.0. The number of benzene rings is 9. The Hall–Kier alpha value is -8.02. The number of fused-ring (bicyclic) bond motifs is 13. The Kier molecular flexibility index (Phi) is 6.66. The topological polar surface area (TPSA) is 48.8 Å². The summed E-state index contributed by atoms with van der Waals surface area (Å²) >= 11 is 0. The summed E-state index contributed by atoms with van der Waals surface area (Å²) in [7, 11) is 0. The van der Waals surface area contributed by atoms with Gasteiger partial charge in [-0.25, -0.2) is 9.97 Å². The number of nitrogens with zero attached hydrogens (tertiary/aromatic N) is 4. The predicted molar refractivity (Wildman–Crippen MR) is 244 cm³/mol. The quantitative estimate of drug-likeness (QED) is 0.180. The maximum atomic E-state index is 6.52. The van der Waals surface area contributed by atoms with Crippen molar-refractivity contribution < 1.29 is 4.42 Å². The average Bonchev–Trinajstić information content (AvgIpc) is 3.96. The molecule has 5 heteroatoms. The maximum absolute atomic E-state index is 6.52. The minimum atomic E-state index is 0.632. The second-order valence-electron chi connectivity index (χ2n) is 15.3. The lowest BCUT2D eigenvalue weighted by molar-refractivity contribution is 0.669. The van der Waals surface area contributed by atoms with Crippen LogP contribution in [0.25, 0.3) is 121 Å². The Bertz CT molecular complexity index is 3830. The van der Waals surface area contributed by atoms with Gasteiger partial charge in [-0.05, 0) is 70.4 Å². The van der Waals surface area contributed by atoms with E-state index in [0.717, 1.165) is 82.6 Å². The van der Waals surface area contributed by atoms with Gasteiger partial charge in [0, 0.05) is 43.6 Å². The predicted octanol–water partition coefficient (Wildman–Crippen LogP) is 14.2. The minimum Gasteiger partial charge on any atom is -0.456 e. The molecule has 4 aromatic heterocycles. The van der Waals surface area contributed by atoms with Gasteiger partial charge in [-0.3, -0.25) is 4.57 Å². The van der Waals surface area contributed by atoms with Crippen molar-refractivity contribution >= 4 is 87.2 Å². The summed E-state index contributed by atoms with van der Waals surface area (Å²) < 4.78 is 11.2. The van der Waals surface area contributed by atoms with E-state index >= 15 is 0 Å². The summed E-state index contributed by atoms with van der Waals surface area (Å²) in [5.41, 5.74) is 12.4. The van der Waals surface area contributed by atoms with Gasteiger partial charge in [0.1, 0.15) is 11.2 Å². The molecule has 0 amide bonds. The molecule has 13 rings (SSSR count). The molecule has 0 aliphatic rings. The first-order chi connectivity index (χ1) is 29.3. The third kappa shape index (κ3) is 4.67. The second-order valence-corrected chi connectivity index (χ2v) is 15.3. The Morgan fingerprint density at radius 1 is 0.373 bits per heavy atom. The molecular weight excluding hydrogens is 721 g/mol. The molecule has 0 bridgehead atoms. The molecule has 0 saturated carbocycles. The van der Waals surface area contributed by atoms with E-state index in [-0.39, 0.29) is 0 Å². The lowest BCUT2D eigenvalue weighted by atomic mass is 10.0. The Morgan fingerprint density at radius 3 is 1.90 bits per heavy atom. The number of aromatic nitrogens is 4. The molecule has 59 heavy (non-hydrogen) atoms. The maximum Gasteiger partial charge on any atom is 0.235 e. The summed E-state index contributed by atoms with van der Waals surface area (Å²) in [5, 5.41) is 10.3. The highest BCUT2D eigenvalue weighted by atomic mass is 16.3. The summed E-state index contributed by atoms with van der Waals surface area (Å²) in [5.74, 6) is 0.632. The van der Waals surface area contributed by atoms with Crippen molar-refractivity contribution in [2.45, 2.75) is 0 Å². The fourth-order valence-electron chi connectivity index (χ4n) is 9.48. The van der Waals surface area contributed by atoms with Crippen molar-refractivity contribution in [2.24, 2.45) is 0 Å². The largest absolute Gasteiger partial charge is 0.456 e. The van der Waals surface area contributed by atoms with Gasteiger partial charge in [-0.1, -0.05) is 146 Å². The first kappa shape index (κ1) is 32.1. The van der Waals surface area contributed by atoms with Crippen LogP contribution in [-0.2, 0) is 0 Å². The third-order valence-electron chi connectivity index (χ3n) is 12.1. The number of hydrogen-bond acceptors (Lipinski definition) is 3. The van der Waals surface area contributed by atoms with Gasteiger partial charge < -0.3 is 8.98 Å². The number of para-hydroxylation sites is 3. The van der Waals surface area contributed by atoms with E-state index in [0.29, 0.717) is 5.95 Å². The van der Waals surface area contributed by atoms with Gasteiger partial charge in [0.2, 0.25) is 5.95 Å². The Morgan fingerprint density at radius 2 is 1.03 bits per heavy atom. The Labute approximate surface area is 337 Å². The van der Waals surface area contributed by atoms with Gasteiger partial charge in [0.15, 0.2) is 0 Å². The molecule has 9 aromatic carbocycles. The molecule has 0 aliphatic heterocycles. The molecule has 0 saturated heterocycles. The van der Waals surface area contributed by atoms with E-state index in [9.17, 15) is 0 Å². The van der Waals surface area contributed by atoms with E-state index in [1.807, 2.05) is 6.07 Å².